The number of nitro benzene ring substituents is 1. The maximum Gasteiger partial charge on any atom is 0.344 e. The summed E-state index contributed by atoms with van der Waals surface area (Å²) in [5.41, 5.74) is 0.279. The number of esters is 1. The van der Waals surface area contributed by atoms with Crippen LogP contribution in [0, 0.1) is 10.1 Å². The molecule has 0 N–H and O–H groups in total. The highest BCUT2D eigenvalue weighted by atomic mass is 16.6. The van der Waals surface area contributed by atoms with Crippen molar-refractivity contribution in [3.05, 3.63) is 39.4 Å². The topological polar surface area (TPSA) is 89.8 Å². The molecule has 1 amide bonds. The molecule has 0 atom stereocenters. The van der Waals surface area contributed by atoms with Gasteiger partial charge >= 0.3 is 5.97 Å². The summed E-state index contributed by atoms with van der Waals surface area (Å²) in [6.45, 7) is 1.02. The molecular formula is C13H14N2O5. The first-order valence-electron chi connectivity index (χ1n) is 6.16. The van der Waals surface area contributed by atoms with Gasteiger partial charge in [0.15, 0.2) is 0 Å². The summed E-state index contributed by atoms with van der Waals surface area (Å²) >= 11 is 0. The van der Waals surface area contributed by atoms with E-state index in [4.69, 9.17) is 0 Å². The van der Waals surface area contributed by atoms with Crippen molar-refractivity contribution < 1.29 is 19.2 Å². The summed E-state index contributed by atoms with van der Waals surface area (Å²) in [5, 5.41) is 10.9. The van der Waals surface area contributed by atoms with Crippen LogP contribution in [0.1, 0.15) is 28.8 Å². The lowest BCUT2D eigenvalue weighted by atomic mass is 10.1. The van der Waals surface area contributed by atoms with Gasteiger partial charge in [-0.3, -0.25) is 14.9 Å². The number of nitrogens with zero attached hydrogens (tertiary/aromatic N) is 2. The van der Waals surface area contributed by atoms with Crippen molar-refractivity contribution in [2.45, 2.75) is 19.4 Å². The van der Waals surface area contributed by atoms with Crippen molar-refractivity contribution in [2.24, 2.45) is 0 Å². The average molecular weight is 278 g/mol. The number of methoxy groups -OCH3 is 1. The van der Waals surface area contributed by atoms with Crippen LogP contribution in [0.5, 0.6) is 0 Å². The van der Waals surface area contributed by atoms with Crippen molar-refractivity contribution in [1.29, 1.82) is 0 Å². The second kappa shape index (κ2) is 5.68. The number of benzene rings is 1. The molecule has 0 bridgehead atoms. The third kappa shape index (κ3) is 2.76. The van der Waals surface area contributed by atoms with Gasteiger partial charge in [-0.1, -0.05) is 6.07 Å². The summed E-state index contributed by atoms with van der Waals surface area (Å²) in [5.74, 6) is -0.700. The van der Waals surface area contributed by atoms with Gasteiger partial charge in [-0.15, -0.1) is 0 Å². The molecule has 0 radical (unpaired) electrons. The standard InChI is InChI=1S/C13H14N2O5/c1-20-13(17)10-7-9(4-5-11(10)15(18)19)8-14-6-2-3-12(14)16/h4-5,7H,2-3,6,8H2,1H3. The first kappa shape index (κ1) is 14.0. The Balaban J connectivity index is 2.29. The number of hydrogen-bond donors (Lipinski definition) is 0. The minimum atomic E-state index is -0.758. The first-order chi connectivity index (χ1) is 9.52. The Morgan fingerprint density at radius 1 is 1.50 bits per heavy atom. The molecule has 1 heterocycles. The van der Waals surface area contributed by atoms with Gasteiger partial charge in [0.25, 0.3) is 5.69 Å². The lowest BCUT2D eigenvalue weighted by molar-refractivity contribution is -0.385. The summed E-state index contributed by atoms with van der Waals surface area (Å²) in [6.07, 6.45) is 1.34. The quantitative estimate of drug-likeness (QED) is 0.473. The Labute approximate surface area is 115 Å². The van der Waals surface area contributed by atoms with E-state index in [2.05, 4.69) is 4.74 Å². The minimum Gasteiger partial charge on any atom is -0.465 e. The average Bonchev–Trinajstić information content (AvgIpc) is 2.83. The van der Waals surface area contributed by atoms with E-state index < -0.39 is 10.9 Å². The molecular weight excluding hydrogens is 264 g/mol. The summed E-state index contributed by atoms with van der Waals surface area (Å²) in [4.78, 5) is 35.1. The highest BCUT2D eigenvalue weighted by Gasteiger charge is 2.24. The number of carbonyl (C=O) groups is 2. The molecule has 0 unspecified atom stereocenters. The molecule has 0 aliphatic carbocycles. The van der Waals surface area contributed by atoms with E-state index in [0.717, 1.165) is 6.42 Å². The normalized spacial score (nSPS) is 14.4. The number of carbonyl (C=O) groups excluding carboxylic acids is 2. The SMILES string of the molecule is COC(=O)c1cc(CN2CCCC2=O)ccc1[N+](=O)[O-]. The summed E-state index contributed by atoms with van der Waals surface area (Å²) in [6, 6.07) is 4.23. The maximum absolute atomic E-state index is 11.6. The number of rotatable bonds is 4. The smallest absolute Gasteiger partial charge is 0.344 e. The second-order valence-electron chi connectivity index (χ2n) is 4.52. The molecule has 0 saturated carbocycles. The maximum atomic E-state index is 11.6. The molecule has 7 heteroatoms. The zero-order valence-electron chi connectivity index (χ0n) is 11.0. The largest absolute Gasteiger partial charge is 0.465 e. The Hall–Kier alpha value is -2.44. The zero-order chi connectivity index (χ0) is 14.7. The number of nitro groups is 1. The Kier molecular flexibility index (Phi) is 3.97. The molecule has 1 aromatic carbocycles. The molecule has 0 aromatic heterocycles. The van der Waals surface area contributed by atoms with Crippen LogP contribution < -0.4 is 0 Å². The van der Waals surface area contributed by atoms with E-state index in [1.54, 1.807) is 11.0 Å². The van der Waals surface area contributed by atoms with Crippen LogP contribution in [0.25, 0.3) is 0 Å². The van der Waals surface area contributed by atoms with Gasteiger partial charge in [-0.2, -0.15) is 0 Å². The Morgan fingerprint density at radius 2 is 2.25 bits per heavy atom. The van der Waals surface area contributed by atoms with Gasteiger partial charge in [-0.25, -0.2) is 4.79 Å². The van der Waals surface area contributed by atoms with E-state index in [1.165, 1.54) is 19.2 Å². The van der Waals surface area contributed by atoms with Crippen molar-refractivity contribution >= 4 is 17.6 Å². The predicted octanol–water partition coefficient (Wildman–Crippen LogP) is 1.50. The summed E-state index contributed by atoms with van der Waals surface area (Å²) in [7, 11) is 1.17. The minimum absolute atomic E-state index is 0.0583. The Bertz CT molecular complexity index is 570. The molecule has 2 rings (SSSR count). The molecule has 1 saturated heterocycles. The van der Waals surface area contributed by atoms with Crippen molar-refractivity contribution in [2.75, 3.05) is 13.7 Å². The fraction of sp³-hybridized carbons (Fsp3) is 0.385. The van der Waals surface area contributed by atoms with E-state index in [1.807, 2.05) is 0 Å². The summed E-state index contributed by atoms with van der Waals surface area (Å²) < 4.78 is 4.55. The predicted molar refractivity (Wildman–Crippen MR) is 69.1 cm³/mol. The van der Waals surface area contributed by atoms with Crippen LogP contribution in [-0.4, -0.2) is 35.4 Å². The van der Waals surface area contributed by atoms with Gasteiger partial charge in [0.1, 0.15) is 5.56 Å². The van der Waals surface area contributed by atoms with E-state index in [0.29, 0.717) is 25.1 Å². The number of likely N-dealkylation sites (tertiary alicyclic amines) is 1. The van der Waals surface area contributed by atoms with Crippen LogP contribution in [0.15, 0.2) is 18.2 Å². The lowest BCUT2D eigenvalue weighted by Gasteiger charge is -2.15. The number of ether oxygens (including phenoxy) is 1. The van der Waals surface area contributed by atoms with E-state index >= 15 is 0 Å². The molecule has 20 heavy (non-hydrogen) atoms. The van der Waals surface area contributed by atoms with Gasteiger partial charge in [0, 0.05) is 25.6 Å². The van der Waals surface area contributed by atoms with Gasteiger partial charge in [-0.05, 0) is 18.1 Å². The lowest BCUT2D eigenvalue weighted by Crippen LogP contribution is -2.24. The van der Waals surface area contributed by atoms with Crippen molar-refractivity contribution in [3.63, 3.8) is 0 Å². The highest BCUT2D eigenvalue weighted by Crippen LogP contribution is 2.23. The second-order valence-corrected chi connectivity index (χ2v) is 4.52. The van der Waals surface area contributed by atoms with Crippen LogP contribution in [0.4, 0.5) is 5.69 Å². The molecule has 1 fully saturated rings. The van der Waals surface area contributed by atoms with Crippen LogP contribution in [0.2, 0.25) is 0 Å². The molecule has 1 aromatic rings. The molecule has 7 nitrogen and oxygen atoms in total. The van der Waals surface area contributed by atoms with Gasteiger partial charge < -0.3 is 9.64 Å². The van der Waals surface area contributed by atoms with Gasteiger partial charge in [0.05, 0.1) is 12.0 Å². The van der Waals surface area contributed by atoms with Crippen molar-refractivity contribution in [1.82, 2.24) is 4.90 Å². The fourth-order valence-corrected chi connectivity index (χ4v) is 2.21. The first-order valence-corrected chi connectivity index (χ1v) is 6.16. The zero-order valence-corrected chi connectivity index (χ0v) is 11.0. The highest BCUT2D eigenvalue weighted by molar-refractivity contribution is 5.94. The fourth-order valence-electron chi connectivity index (χ4n) is 2.21. The molecule has 106 valence electrons. The van der Waals surface area contributed by atoms with Crippen LogP contribution in [0.3, 0.4) is 0 Å². The van der Waals surface area contributed by atoms with Crippen molar-refractivity contribution in [3.8, 4) is 0 Å². The monoisotopic (exact) mass is 278 g/mol. The third-order valence-electron chi connectivity index (χ3n) is 3.21. The van der Waals surface area contributed by atoms with Gasteiger partial charge in [0.2, 0.25) is 5.91 Å². The van der Waals surface area contributed by atoms with E-state index in [9.17, 15) is 19.7 Å². The van der Waals surface area contributed by atoms with Crippen LogP contribution in [-0.2, 0) is 16.1 Å². The number of amides is 1. The van der Waals surface area contributed by atoms with E-state index in [-0.39, 0.29) is 17.2 Å². The van der Waals surface area contributed by atoms with Crippen LogP contribution >= 0.6 is 0 Å². The molecule has 0 spiro atoms. The third-order valence-corrected chi connectivity index (χ3v) is 3.21. The molecule has 1 aliphatic rings. The molecule has 1 aliphatic heterocycles. The Morgan fingerprint density at radius 3 is 2.80 bits per heavy atom. The number of hydrogen-bond acceptors (Lipinski definition) is 5.